The van der Waals surface area contributed by atoms with Gasteiger partial charge in [-0.3, -0.25) is 14.2 Å². The van der Waals surface area contributed by atoms with Crippen LogP contribution in [-0.2, 0) is 17.8 Å². The van der Waals surface area contributed by atoms with Crippen LogP contribution in [0.5, 0.6) is 0 Å². The molecule has 1 aliphatic carbocycles. The molecule has 29 heavy (non-hydrogen) atoms. The second kappa shape index (κ2) is 8.44. The predicted octanol–water partition coefficient (Wildman–Crippen LogP) is 5.29. The highest BCUT2D eigenvalue weighted by Gasteiger charge is 2.26. The maximum absolute atomic E-state index is 13.5. The van der Waals surface area contributed by atoms with Crippen molar-refractivity contribution in [1.29, 1.82) is 0 Å². The summed E-state index contributed by atoms with van der Waals surface area (Å²) in [7, 11) is 0. The van der Waals surface area contributed by atoms with Crippen molar-refractivity contribution < 1.29 is 4.79 Å². The third kappa shape index (κ3) is 4.05. The molecule has 0 bridgehead atoms. The molecule has 0 N–H and O–H groups in total. The van der Waals surface area contributed by atoms with Crippen molar-refractivity contribution in [2.45, 2.75) is 69.8 Å². The summed E-state index contributed by atoms with van der Waals surface area (Å²) in [5.41, 5.74) is 3.32. The number of hydrogen-bond donors (Lipinski definition) is 0. The van der Waals surface area contributed by atoms with Gasteiger partial charge in [-0.05, 0) is 44.2 Å². The standard InChI is InChI=1S/C23H26N2O2S2/c1-4-18-15(3)20-21(28-18)24-23(29-19-8-6-5-7-17(19)26)25(22(20)27)13-16-11-9-14(2)10-12-16/h9-12,19H,4-8,13H2,1-3H3. The number of aromatic nitrogens is 2. The number of Topliss-reactive ketones (excluding diaryl/α,β-unsaturated/α-hetero) is 1. The molecule has 1 fully saturated rings. The van der Waals surface area contributed by atoms with Crippen molar-refractivity contribution >= 4 is 39.1 Å². The van der Waals surface area contributed by atoms with Crippen molar-refractivity contribution in [3.63, 3.8) is 0 Å². The number of nitrogens with zero attached hydrogens (tertiary/aromatic N) is 2. The van der Waals surface area contributed by atoms with Gasteiger partial charge in [0.2, 0.25) is 0 Å². The lowest BCUT2D eigenvalue weighted by molar-refractivity contribution is -0.119. The smallest absolute Gasteiger partial charge is 0.263 e. The van der Waals surface area contributed by atoms with Gasteiger partial charge in [0.05, 0.1) is 17.2 Å². The van der Waals surface area contributed by atoms with Crippen LogP contribution in [0.1, 0.15) is 54.2 Å². The lowest BCUT2D eigenvalue weighted by Gasteiger charge is -2.21. The van der Waals surface area contributed by atoms with E-state index in [1.165, 1.54) is 22.2 Å². The number of carbonyl (C=O) groups is 1. The van der Waals surface area contributed by atoms with Gasteiger partial charge in [-0.2, -0.15) is 0 Å². The van der Waals surface area contributed by atoms with Crippen molar-refractivity contribution in [1.82, 2.24) is 9.55 Å². The Hall–Kier alpha value is -1.92. The Morgan fingerprint density at radius 3 is 2.62 bits per heavy atom. The molecule has 3 aromatic rings. The lowest BCUT2D eigenvalue weighted by Crippen LogP contribution is -2.27. The highest BCUT2D eigenvalue weighted by molar-refractivity contribution is 8.00. The summed E-state index contributed by atoms with van der Waals surface area (Å²) >= 11 is 3.09. The first-order valence-corrected chi connectivity index (χ1v) is 11.9. The molecular formula is C23H26N2O2S2. The number of thiophene rings is 1. The Balaban J connectivity index is 1.83. The average molecular weight is 427 g/mol. The van der Waals surface area contributed by atoms with E-state index in [9.17, 15) is 9.59 Å². The van der Waals surface area contributed by atoms with Crippen LogP contribution in [0.2, 0.25) is 0 Å². The molecule has 0 spiro atoms. The Labute approximate surface area is 179 Å². The summed E-state index contributed by atoms with van der Waals surface area (Å²) in [5.74, 6) is 0.286. The fourth-order valence-corrected chi connectivity index (χ4v) is 6.26. The molecule has 0 radical (unpaired) electrons. The van der Waals surface area contributed by atoms with Gasteiger partial charge in [-0.25, -0.2) is 4.98 Å². The van der Waals surface area contributed by atoms with E-state index in [1.54, 1.807) is 15.9 Å². The Morgan fingerprint density at radius 1 is 1.17 bits per heavy atom. The van der Waals surface area contributed by atoms with Crippen molar-refractivity contribution in [3.8, 4) is 0 Å². The summed E-state index contributed by atoms with van der Waals surface area (Å²) in [6.45, 7) is 6.66. The van der Waals surface area contributed by atoms with E-state index in [2.05, 4.69) is 38.1 Å². The number of benzene rings is 1. The molecule has 1 unspecified atom stereocenters. The van der Waals surface area contributed by atoms with Crippen LogP contribution in [-0.4, -0.2) is 20.6 Å². The highest BCUT2D eigenvalue weighted by Crippen LogP contribution is 2.34. The van der Waals surface area contributed by atoms with Crippen LogP contribution in [0.3, 0.4) is 0 Å². The largest absolute Gasteiger partial charge is 0.298 e. The fraction of sp³-hybridized carbons (Fsp3) is 0.435. The first-order chi connectivity index (χ1) is 14.0. The highest BCUT2D eigenvalue weighted by atomic mass is 32.2. The molecule has 1 aliphatic rings. The zero-order chi connectivity index (χ0) is 20.5. The molecule has 1 aromatic carbocycles. The van der Waals surface area contributed by atoms with Crippen LogP contribution in [0.15, 0.2) is 34.2 Å². The number of rotatable bonds is 5. The van der Waals surface area contributed by atoms with Crippen molar-refractivity contribution in [3.05, 3.63) is 56.2 Å². The quantitative estimate of drug-likeness (QED) is 0.520. The maximum Gasteiger partial charge on any atom is 0.263 e. The van der Waals surface area contributed by atoms with E-state index < -0.39 is 0 Å². The molecular weight excluding hydrogens is 400 g/mol. The molecule has 1 saturated carbocycles. The topological polar surface area (TPSA) is 52.0 Å². The zero-order valence-electron chi connectivity index (χ0n) is 17.2. The molecule has 6 heteroatoms. The number of aryl methyl sites for hydroxylation is 3. The van der Waals surface area contributed by atoms with Gasteiger partial charge in [0.15, 0.2) is 5.16 Å². The molecule has 0 amide bonds. The van der Waals surface area contributed by atoms with E-state index in [0.717, 1.165) is 47.0 Å². The summed E-state index contributed by atoms with van der Waals surface area (Å²) in [6.07, 6.45) is 4.44. The van der Waals surface area contributed by atoms with Gasteiger partial charge in [0, 0.05) is 11.3 Å². The fourth-order valence-electron chi connectivity index (χ4n) is 3.89. The van der Waals surface area contributed by atoms with E-state index in [0.29, 0.717) is 18.1 Å². The number of ketones is 1. The summed E-state index contributed by atoms with van der Waals surface area (Å²) in [6, 6.07) is 8.25. The zero-order valence-corrected chi connectivity index (χ0v) is 18.8. The second-order valence-corrected chi connectivity index (χ2v) is 10.0. The summed E-state index contributed by atoms with van der Waals surface area (Å²) in [4.78, 5) is 32.9. The van der Waals surface area contributed by atoms with Crippen LogP contribution in [0, 0.1) is 13.8 Å². The van der Waals surface area contributed by atoms with Gasteiger partial charge in [-0.15, -0.1) is 11.3 Å². The average Bonchev–Trinajstić information content (AvgIpc) is 3.03. The molecule has 152 valence electrons. The number of carbonyl (C=O) groups excluding carboxylic acids is 1. The van der Waals surface area contributed by atoms with Crippen molar-refractivity contribution in [2.24, 2.45) is 0 Å². The monoisotopic (exact) mass is 426 g/mol. The van der Waals surface area contributed by atoms with Gasteiger partial charge < -0.3 is 0 Å². The number of thioether (sulfide) groups is 1. The molecule has 2 heterocycles. The van der Waals surface area contributed by atoms with E-state index in [-0.39, 0.29) is 16.6 Å². The van der Waals surface area contributed by atoms with Crippen LogP contribution in [0.4, 0.5) is 0 Å². The van der Waals surface area contributed by atoms with E-state index >= 15 is 0 Å². The minimum absolute atomic E-state index is 0.00906. The molecule has 4 rings (SSSR count). The first kappa shape index (κ1) is 20.4. The third-order valence-corrected chi connectivity index (χ3v) is 8.28. The van der Waals surface area contributed by atoms with Crippen molar-refractivity contribution in [2.75, 3.05) is 0 Å². The Morgan fingerprint density at radius 2 is 1.93 bits per heavy atom. The normalized spacial score (nSPS) is 17.2. The van der Waals surface area contributed by atoms with E-state index in [1.807, 2.05) is 6.92 Å². The molecule has 2 aromatic heterocycles. The summed E-state index contributed by atoms with van der Waals surface area (Å²) < 4.78 is 1.78. The Kier molecular flexibility index (Phi) is 5.93. The maximum atomic E-state index is 13.5. The number of fused-ring (bicyclic) bond motifs is 1. The van der Waals surface area contributed by atoms with E-state index in [4.69, 9.17) is 4.98 Å². The van der Waals surface area contributed by atoms with Gasteiger partial charge in [0.25, 0.3) is 5.56 Å². The van der Waals surface area contributed by atoms with Crippen LogP contribution >= 0.6 is 23.1 Å². The summed E-state index contributed by atoms with van der Waals surface area (Å²) in [5, 5.41) is 1.31. The van der Waals surface area contributed by atoms with Gasteiger partial charge >= 0.3 is 0 Å². The molecule has 4 nitrogen and oxygen atoms in total. The van der Waals surface area contributed by atoms with Crippen LogP contribution < -0.4 is 5.56 Å². The second-order valence-electron chi connectivity index (χ2n) is 7.77. The van der Waals surface area contributed by atoms with Crippen LogP contribution in [0.25, 0.3) is 10.2 Å². The lowest BCUT2D eigenvalue weighted by atomic mass is 9.99. The first-order valence-electron chi connectivity index (χ1n) is 10.3. The SMILES string of the molecule is CCc1sc2nc(SC3CCCCC3=O)n(Cc3ccc(C)cc3)c(=O)c2c1C. The molecule has 1 atom stereocenters. The predicted molar refractivity (Wildman–Crippen MR) is 121 cm³/mol. The minimum Gasteiger partial charge on any atom is -0.298 e. The minimum atomic E-state index is -0.0935. The van der Waals surface area contributed by atoms with Gasteiger partial charge in [-0.1, -0.05) is 54.9 Å². The third-order valence-electron chi connectivity index (χ3n) is 5.64. The Bertz CT molecular complexity index is 1110. The van der Waals surface area contributed by atoms with Gasteiger partial charge in [0.1, 0.15) is 10.6 Å². The number of hydrogen-bond acceptors (Lipinski definition) is 5. The molecule has 0 aliphatic heterocycles. The molecule has 0 saturated heterocycles.